The lowest BCUT2D eigenvalue weighted by atomic mass is 10.1. The number of nitrogens with two attached hydrogens (primary N) is 1. The zero-order valence-electron chi connectivity index (χ0n) is 10.4. The van der Waals surface area contributed by atoms with Gasteiger partial charge in [-0.3, -0.25) is 9.78 Å². The molecule has 2 aromatic rings. The molecular weight excluding hydrogens is 306 g/mol. The predicted octanol–water partition coefficient (Wildman–Crippen LogP) is 2.92. The van der Waals surface area contributed by atoms with Gasteiger partial charge in [0.1, 0.15) is 0 Å². The summed E-state index contributed by atoms with van der Waals surface area (Å²) in [6, 6.07) is 8.80. The van der Waals surface area contributed by atoms with Crippen LogP contribution in [0.5, 0.6) is 0 Å². The first-order valence-electron chi connectivity index (χ1n) is 5.83. The van der Waals surface area contributed by atoms with Gasteiger partial charge in [0.05, 0.1) is 6.04 Å². The van der Waals surface area contributed by atoms with Crippen LogP contribution in [0.1, 0.15) is 28.9 Å². The summed E-state index contributed by atoms with van der Waals surface area (Å²) in [6.45, 7) is 1.91. The minimum Gasteiger partial charge on any atom is -0.398 e. The largest absolute Gasteiger partial charge is 0.398 e. The third kappa shape index (κ3) is 3.32. The maximum Gasteiger partial charge on any atom is 0.251 e. The van der Waals surface area contributed by atoms with Gasteiger partial charge in [-0.1, -0.05) is 6.07 Å². The van der Waals surface area contributed by atoms with Crippen LogP contribution in [0.25, 0.3) is 0 Å². The molecule has 0 bridgehead atoms. The highest BCUT2D eigenvalue weighted by molar-refractivity contribution is 9.10. The van der Waals surface area contributed by atoms with E-state index in [2.05, 4.69) is 26.2 Å². The summed E-state index contributed by atoms with van der Waals surface area (Å²) in [5.41, 5.74) is 7.80. The van der Waals surface area contributed by atoms with E-state index in [0.717, 1.165) is 10.0 Å². The van der Waals surface area contributed by atoms with Crippen LogP contribution in [0.2, 0.25) is 0 Å². The molecular formula is C14H14BrN3O. The molecule has 0 aliphatic heterocycles. The average Bonchev–Trinajstić information content (AvgIpc) is 2.42. The van der Waals surface area contributed by atoms with E-state index in [1.807, 2.05) is 19.1 Å². The fraction of sp³-hybridized carbons (Fsp3) is 0.143. The van der Waals surface area contributed by atoms with Crippen LogP contribution in [0.15, 0.2) is 47.2 Å². The lowest BCUT2D eigenvalue weighted by molar-refractivity contribution is 0.0940. The third-order valence-electron chi connectivity index (χ3n) is 2.79. The predicted molar refractivity (Wildman–Crippen MR) is 78.7 cm³/mol. The SMILES string of the molecule is C[C@@H](NC(=O)c1ccc(Br)c(N)c1)c1cccnc1. The van der Waals surface area contributed by atoms with E-state index in [9.17, 15) is 4.79 Å². The van der Waals surface area contributed by atoms with Gasteiger partial charge >= 0.3 is 0 Å². The van der Waals surface area contributed by atoms with Gasteiger partial charge in [0.2, 0.25) is 0 Å². The smallest absolute Gasteiger partial charge is 0.251 e. The number of rotatable bonds is 3. The number of anilines is 1. The van der Waals surface area contributed by atoms with Crippen molar-refractivity contribution in [3.63, 3.8) is 0 Å². The lowest BCUT2D eigenvalue weighted by Crippen LogP contribution is -2.26. The number of carbonyl (C=O) groups is 1. The van der Waals surface area contributed by atoms with Crippen LogP contribution >= 0.6 is 15.9 Å². The summed E-state index contributed by atoms with van der Waals surface area (Å²) in [5, 5.41) is 2.91. The Morgan fingerprint density at radius 2 is 2.21 bits per heavy atom. The molecule has 1 atom stereocenters. The van der Waals surface area contributed by atoms with Crippen molar-refractivity contribution in [2.45, 2.75) is 13.0 Å². The monoisotopic (exact) mass is 319 g/mol. The van der Waals surface area contributed by atoms with Gasteiger partial charge < -0.3 is 11.1 Å². The summed E-state index contributed by atoms with van der Waals surface area (Å²) >= 11 is 3.30. The molecule has 1 amide bonds. The van der Waals surface area contributed by atoms with E-state index >= 15 is 0 Å². The first-order valence-corrected chi connectivity index (χ1v) is 6.63. The molecule has 0 saturated heterocycles. The van der Waals surface area contributed by atoms with Gasteiger partial charge in [-0.05, 0) is 52.7 Å². The Balaban J connectivity index is 2.11. The lowest BCUT2D eigenvalue weighted by Gasteiger charge is -2.14. The molecule has 0 radical (unpaired) electrons. The van der Waals surface area contributed by atoms with E-state index in [1.54, 1.807) is 30.6 Å². The fourth-order valence-electron chi connectivity index (χ4n) is 1.68. The molecule has 0 aliphatic rings. The molecule has 3 N–H and O–H groups in total. The normalized spacial score (nSPS) is 11.9. The molecule has 1 aromatic heterocycles. The molecule has 0 saturated carbocycles. The fourth-order valence-corrected chi connectivity index (χ4v) is 1.93. The second-order valence-corrected chi connectivity index (χ2v) is 5.07. The highest BCUT2D eigenvalue weighted by atomic mass is 79.9. The van der Waals surface area contributed by atoms with E-state index in [4.69, 9.17) is 5.73 Å². The van der Waals surface area contributed by atoms with Gasteiger partial charge in [0, 0.05) is 28.1 Å². The first-order chi connectivity index (χ1) is 9.08. The molecule has 2 rings (SSSR count). The summed E-state index contributed by atoms with van der Waals surface area (Å²) in [4.78, 5) is 16.1. The number of halogens is 1. The quantitative estimate of drug-likeness (QED) is 0.855. The van der Waals surface area contributed by atoms with E-state index in [-0.39, 0.29) is 11.9 Å². The number of nitrogens with one attached hydrogen (secondary N) is 1. The number of aromatic nitrogens is 1. The summed E-state index contributed by atoms with van der Waals surface area (Å²) in [5.74, 6) is -0.157. The molecule has 1 aromatic carbocycles. The Kier molecular flexibility index (Phi) is 4.16. The van der Waals surface area contributed by atoms with E-state index in [1.165, 1.54) is 0 Å². The molecule has 0 spiro atoms. The summed E-state index contributed by atoms with van der Waals surface area (Å²) in [6.07, 6.45) is 3.44. The van der Waals surface area contributed by atoms with Gasteiger partial charge in [-0.2, -0.15) is 0 Å². The molecule has 98 valence electrons. The average molecular weight is 320 g/mol. The topological polar surface area (TPSA) is 68.0 Å². The van der Waals surface area contributed by atoms with Crippen molar-refractivity contribution in [3.05, 3.63) is 58.3 Å². The summed E-state index contributed by atoms with van der Waals surface area (Å²) < 4.78 is 0.782. The Hall–Kier alpha value is -1.88. The van der Waals surface area contributed by atoms with E-state index in [0.29, 0.717) is 11.3 Å². The number of hydrogen-bond acceptors (Lipinski definition) is 3. The van der Waals surface area contributed by atoms with Crippen molar-refractivity contribution in [2.75, 3.05) is 5.73 Å². The molecule has 4 nitrogen and oxygen atoms in total. The van der Waals surface area contributed by atoms with Crippen LogP contribution in [0, 0.1) is 0 Å². The first kappa shape index (κ1) is 13.5. The van der Waals surface area contributed by atoms with Crippen LogP contribution in [-0.2, 0) is 0 Å². The summed E-state index contributed by atoms with van der Waals surface area (Å²) in [7, 11) is 0. The maximum absolute atomic E-state index is 12.1. The minimum atomic E-state index is -0.157. The molecule has 19 heavy (non-hydrogen) atoms. The Bertz CT molecular complexity index is 586. The molecule has 0 aliphatic carbocycles. The third-order valence-corrected chi connectivity index (χ3v) is 3.51. The van der Waals surface area contributed by atoms with Crippen molar-refractivity contribution < 1.29 is 4.79 Å². The van der Waals surface area contributed by atoms with Crippen LogP contribution in [-0.4, -0.2) is 10.9 Å². The number of pyridine rings is 1. The van der Waals surface area contributed by atoms with Gasteiger partial charge in [-0.25, -0.2) is 0 Å². The number of hydrogen-bond donors (Lipinski definition) is 2. The number of nitrogens with zero attached hydrogens (tertiary/aromatic N) is 1. The van der Waals surface area contributed by atoms with Gasteiger partial charge in [-0.15, -0.1) is 0 Å². The Morgan fingerprint density at radius 1 is 1.42 bits per heavy atom. The second kappa shape index (κ2) is 5.84. The van der Waals surface area contributed by atoms with Crippen LogP contribution in [0.4, 0.5) is 5.69 Å². The Morgan fingerprint density at radius 3 is 2.84 bits per heavy atom. The number of carbonyl (C=O) groups excluding carboxylic acids is 1. The molecule has 1 heterocycles. The van der Waals surface area contributed by atoms with Crippen molar-refractivity contribution in [2.24, 2.45) is 0 Å². The van der Waals surface area contributed by atoms with Crippen LogP contribution in [0.3, 0.4) is 0 Å². The zero-order chi connectivity index (χ0) is 13.8. The van der Waals surface area contributed by atoms with Crippen LogP contribution < -0.4 is 11.1 Å². The number of benzene rings is 1. The highest BCUT2D eigenvalue weighted by Crippen LogP contribution is 2.20. The highest BCUT2D eigenvalue weighted by Gasteiger charge is 2.12. The van der Waals surface area contributed by atoms with E-state index < -0.39 is 0 Å². The Labute approximate surface area is 120 Å². The molecule has 0 fully saturated rings. The van der Waals surface area contributed by atoms with Crippen molar-refractivity contribution in [3.8, 4) is 0 Å². The van der Waals surface area contributed by atoms with Gasteiger partial charge in [0.25, 0.3) is 5.91 Å². The number of amides is 1. The number of nitrogen functional groups attached to an aromatic ring is 1. The zero-order valence-corrected chi connectivity index (χ0v) is 12.0. The standard InChI is InChI=1S/C14H14BrN3O/c1-9(11-3-2-6-17-8-11)18-14(19)10-4-5-12(15)13(16)7-10/h2-9H,16H2,1H3,(H,18,19)/t9-/m1/s1. The molecule has 0 unspecified atom stereocenters. The maximum atomic E-state index is 12.1. The van der Waals surface area contributed by atoms with Crippen molar-refractivity contribution >= 4 is 27.5 Å². The minimum absolute atomic E-state index is 0.105. The molecule has 5 heteroatoms. The van der Waals surface area contributed by atoms with Gasteiger partial charge in [0.15, 0.2) is 0 Å². The van der Waals surface area contributed by atoms with Crippen molar-refractivity contribution in [1.29, 1.82) is 0 Å². The van der Waals surface area contributed by atoms with Crippen molar-refractivity contribution in [1.82, 2.24) is 10.3 Å². The second-order valence-electron chi connectivity index (χ2n) is 4.22.